The first kappa shape index (κ1) is 17.7. The van der Waals surface area contributed by atoms with E-state index in [2.05, 4.69) is 4.98 Å². The molecule has 0 radical (unpaired) electrons. The lowest BCUT2D eigenvalue weighted by atomic mass is 9.81. The number of aromatic nitrogens is 1. The molecule has 140 valence electrons. The van der Waals surface area contributed by atoms with Crippen LogP contribution in [0.1, 0.15) is 50.6 Å². The molecule has 3 unspecified atom stereocenters. The van der Waals surface area contributed by atoms with Crippen molar-refractivity contribution < 1.29 is 18.3 Å². The second kappa shape index (κ2) is 8.31. The van der Waals surface area contributed by atoms with Crippen molar-refractivity contribution in [2.75, 3.05) is 6.61 Å². The quantitative estimate of drug-likeness (QED) is 0.743. The van der Waals surface area contributed by atoms with Crippen LogP contribution in [0.3, 0.4) is 0 Å². The van der Waals surface area contributed by atoms with Gasteiger partial charge in [0.25, 0.3) is 0 Å². The molecule has 2 aromatic rings. The maximum Gasteiger partial charge on any atom is 0.226 e. The molecule has 3 atom stereocenters. The zero-order chi connectivity index (χ0) is 17.8. The van der Waals surface area contributed by atoms with Gasteiger partial charge in [-0.15, -0.1) is 0 Å². The second-order valence-corrected chi connectivity index (χ2v) is 7.42. The van der Waals surface area contributed by atoms with Gasteiger partial charge in [-0.1, -0.05) is 6.42 Å². The lowest BCUT2D eigenvalue weighted by molar-refractivity contribution is -0.0648. The molecule has 0 amide bonds. The van der Waals surface area contributed by atoms with Crippen LogP contribution in [0, 0.1) is 11.7 Å². The van der Waals surface area contributed by atoms with Crippen molar-refractivity contribution >= 4 is 0 Å². The molecule has 1 saturated heterocycles. The highest BCUT2D eigenvalue weighted by atomic mass is 19.1. The Balaban J connectivity index is 1.30. The highest BCUT2D eigenvalue weighted by molar-refractivity contribution is 5.52. The standard InChI is InChI=1S/C21H26FNO3/c22-17-9-7-15(8-10-17)21-23-18(14-26-21)13-25-19-5-3-4-16(12-19)20-6-1-2-11-24-20/h7-10,14,16,19-20H,1-6,11-13H2. The van der Waals surface area contributed by atoms with Gasteiger partial charge in [0, 0.05) is 12.2 Å². The monoisotopic (exact) mass is 359 g/mol. The molecular weight excluding hydrogens is 333 g/mol. The normalized spacial score (nSPS) is 26.7. The van der Waals surface area contributed by atoms with E-state index in [9.17, 15) is 4.39 Å². The average Bonchev–Trinajstić information content (AvgIpc) is 3.17. The molecule has 1 saturated carbocycles. The third-order valence-electron chi connectivity index (χ3n) is 5.52. The minimum absolute atomic E-state index is 0.266. The molecule has 1 aromatic heterocycles. The fourth-order valence-corrected chi connectivity index (χ4v) is 4.11. The third kappa shape index (κ3) is 4.33. The predicted molar refractivity (Wildman–Crippen MR) is 96.0 cm³/mol. The molecule has 0 bridgehead atoms. The Morgan fingerprint density at radius 2 is 1.96 bits per heavy atom. The van der Waals surface area contributed by atoms with Crippen LogP contribution in [-0.4, -0.2) is 23.8 Å². The molecule has 0 spiro atoms. The highest BCUT2D eigenvalue weighted by Crippen LogP contribution is 2.34. The van der Waals surface area contributed by atoms with Crippen LogP contribution in [0.15, 0.2) is 34.9 Å². The molecule has 4 rings (SSSR count). The summed E-state index contributed by atoms with van der Waals surface area (Å²) < 4.78 is 30.6. The molecule has 0 N–H and O–H groups in total. The topological polar surface area (TPSA) is 44.5 Å². The highest BCUT2D eigenvalue weighted by Gasteiger charge is 2.30. The molecule has 5 heteroatoms. The first-order chi connectivity index (χ1) is 12.8. The van der Waals surface area contributed by atoms with E-state index in [-0.39, 0.29) is 11.9 Å². The number of hydrogen-bond acceptors (Lipinski definition) is 4. The Kier molecular flexibility index (Phi) is 5.65. The first-order valence-corrected chi connectivity index (χ1v) is 9.71. The molecule has 1 aromatic carbocycles. The van der Waals surface area contributed by atoms with Gasteiger partial charge in [0.15, 0.2) is 0 Å². The van der Waals surface area contributed by atoms with Gasteiger partial charge in [0.1, 0.15) is 17.8 Å². The molecule has 2 aliphatic rings. The Hall–Kier alpha value is -1.72. The summed E-state index contributed by atoms with van der Waals surface area (Å²) in [6.07, 6.45) is 10.6. The number of ether oxygens (including phenoxy) is 2. The predicted octanol–water partition coefficient (Wildman–Crippen LogP) is 5.13. The summed E-state index contributed by atoms with van der Waals surface area (Å²) in [7, 11) is 0. The van der Waals surface area contributed by atoms with Crippen LogP contribution < -0.4 is 0 Å². The van der Waals surface area contributed by atoms with Gasteiger partial charge in [-0.2, -0.15) is 0 Å². The van der Waals surface area contributed by atoms with E-state index in [0.29, 0.717) is 24.5 Å². The summed E-state index contributed by atoms with van der Waals surface area (Å²) in [5.74, 6) is 0.861. The van der Waals surface area contributed by atoms with Gasteiger partial charge < -0.3 is 13.9 Å². The molecule has 4 nitrogen and oxygen atoms in total. The summed E-state index contributed by atoms with van der Waals surface area (Å²) in [5, 5.41) is 0. The van der Waals surface area contributed by atoms with Gasteiger partial charge in [-0.25, -0.2) is 9.37 Å². The van der Waals surface area contributed by atoms with E-state index >= 15 is 0 Å². The molecule has 26 heavy (non-hydrogen) atoms. The fourth-order valence-electron chi connectivity index (χ4n) is 4.11. The van der Waals surface area contributed by atoms with E-state index in [1.165, 1.54) is 44.2 Å². The minimum atomic E-state index is -0.266. The molecular formula is C21H26FNO3. The van der Waals surface area contributed by atoms with Crippen LogP contribution >= 0.6 is 0 Å². The molecule has 1 aliphatic carbocycles. The number of nitrogens with zero attached hydrogens (tertiary/aromatic N) is 1. The molecule has 2 fully saturated rings. The summed E-state index contributed by atoms with van der Waals surface area (Å²) in [5.41, 5.74) is 1.55. The van der Waals surface area contributed by atoms with E-state index in [4.69, 9.17) is 13.9 Å². The largest absolute Gasteiger partial charge is 0.444 e. The summed E-state index contributed by atoms with van der Waals surface area (Å²) in [4.78, 5) is 4.46. The van der Waals surface area contributed by atoms with Crippen LogP contribution in [0.4, 0.5) is 4.39 Å². The SMILES string of the molecule is Fc1ccc(-c2nc(COC3CCCC(C4CCCCO4)C3)co2)cc1. The number of benzene rings is 1. The number of halogens is 1. The third-order valence-corrected chi connectivity index (χ3v) is 5.52. The van der Waals surface area contributed by atoms with Gasteiger partial charge >= 0.3 is 0 Å². The minimum Gasteiger partial charge on any atom is -0.444 e. The van der Waals surface area contributed by atoms with Gasteiger partial charge in [-0.05, 0) is 68.7 Å². The van der Waals surface area contributed by atoms with E-state index in [0.717, 1.165) is 30.7 Å². The molecule has 2 heterocycles. The number of rotatable bonds is 5. The zero-order valence-electron chi connectivity index (χ0n) is 15.0. The summed E-state index contributed by atoms with van der Waals surface area (Å²) in [6, 6.07) is 6.15. The van der Waals surface area contributed by atoms with E-state index in [1.54, 1.807) is 18.4 Å². The van der Waals surface area contributed by atoms with Gasteiger partial charge in [0.2, 0.25) is 5.89 Å². The van der Waals surface area contributed by atoms with Crippen molar-refractivity contribution in [3.8, 4) is 11.5 Å². The first-order valence-electron chi connectivity index (χ1n) is 9.71. The zero-order valence-corrected chi connectivity index (χ0v) is 15.0. The van der Waals surface area contributed by atoms with Crippen LogP contribution in [0.25, 0.3) is 11.5 Å². The maximum absolute atomic E-state index is 13.0. The van der Waals surface area contributed by atoms with Gasteiger partial charge in [0.05, 0.1) is 18.8 Å². The van der Waals surface area contributed by atoms with E-state index < -0.39 is 0 Å². The van der Waals surface area contributed by atoms with Crippen LogP contribution in [0.5, 0.6) is 0 Å². The van der Waals surface area contributed by atoms with E-state index in [1.807, 2.05) is 0 Å². The van der Waals surface area contributed by atoms with Gasteiger partial charge in [-0.3, -0.25) is 0 Å². The van der Waals surface area contributed by atoms with Crippen LogP contribution in [0.2, 0.25) is 0 Å². The Morgan fingerprint density at radius 3 is 2.77 bits per heavy atom. The summed E-state index contributed by atoms with van der Waals surface area (Å²) >= 11 is 0. The van der Waals surface area contributed by atoms with Crippen molar-refractivity contribution in [3.63, 3.8) is 0 Å². The van der Waals surface area contributed by atoms with Crippen LogP contribution in [-0.2, 0) is 16.1 Å². The lowest BCUT2D eigenvalue weighted by Crippen LogP contribution is -2.34. The average molecular weight is 359 g/mol. The Bertz CT molecular complexity index is 694. The Morgan fingerprint density at radius 1 is 1.08 bits per heavy atom. The smallest absolute Gasteiger partial charge is 0.226 e. The fraction of sp³-hybridized carbons (Fsp3) is 0.571. The van der Waals surface area contributed by atoms with Crippen molar-refractivity contribution in [1.29, 1.82) is 0 Å². The second-order valence-electron chi connectivity index (χ2n) is 7.42. The van der Waals surface area contributed by atoms with Crippen molar-refractivity contribution in [2.24, 2.45) is 5.92 Å². The lowest BCUT2D eigenvalue weighted by Gasteiger charge is -2.36. The Labute approximate surface area is 153 Å². The van der Waals surface area contributed by atoms with Crippen molar-refractivity contribution in [3.05, 3.63) is 42.0 Å². The summed E-state index contributed by atoms with van der Waals surface area (Å²) in [6.45, 7) is 1.37. The maximum atomic E-state index is 13.0. The molecule has 1 aliphatic heterocycles. The number of oxazole rings is 1. The van der Waals surface area contributed by atoms with Crippen molar-refractivity contribution in [1.82, 2.24) is 4.98 Å². The number of hydrogen-bond donors (Lipinski definition) is 0. The van der Waals surface area contributed by atoms with Crippen molar-refractivity contribution in [2.45, 2.75) is 63.8 Å².